The van der Waals surface area contributed by atoms with E-state index < -0.39 is 0 Å². The van der Waals surface area contributed by atoms with Crippen LogP contribution in [-0.2, 0) is 0 Å². The molecule has 0 saturated carbocycles. The van der Waals surface area contributed by atoms with Crippen molar-refractivity contribution in [2.45, 2.75) is 0 Å². The van der Waals surface area contributed by atoms with E-state index in [0.29, 0.717) is 0 Å². The van der Waals surface area contributed by atoms with Crippen LogP contribution in [0.4, 0.5) is 0 Å². The van der Waals surface area contributed by atoms with Crippen molar-refractivity contribution in [3.05, 3.63) is 152 Å². The predicted molar refractivity (Wildman–Crippen MR) is 171 cm³/mol. The van der Waals surface area contributed by atoms with Crippen molar-refractivity contribution in [3.63, 3.8) is 0 Å². The lowest BCUT2D eigenvalue weighted by molar-refractivity contribution is 1.37. The van der Waals surface area contributed by atoms with Gasteiger partial charge in [0.2, 0.25) is 0 Å². The zero-order valence-electron chi connectivity index (χ0n) is 21.9. The third kappa shape index (κ3) is 3.45. The topological polar surface area (TPSA) is 12.9 Å². The van der Waals surface area contributed by atoms with Crippen LogP contribution in [0.3, 0.4) is 0 Å². The van der Waals surface area contributed by atoms with Crippen LogP contribution >= 0.6 is 0 Å². The number of benzene rings is 7. The first-order valence-electron chi connectivity index (χ1n) is 13.7. The standard InChI is InChI=1S/C39H25N/c1-2-11-27(12-3-1)31-22-21-28-14-5-7-17-30(28)38(31)39-34-19-9-8-18-33(34)37(35-23-24-40-25-36(35)39)32-20-10-15-26-13-4-6-16-29(26)32/h1-25H. The third-order valence-electron chi connectivity index (χ3n) is 8.15. The van der Waals surface area contributed by atoms with E-state index in [2.05, 4.69) is 151 Å². The van der Waals surface area contributed by atoms with Gasteiger partial charge < -0.3 is 0 Å². The second-order valence-corrected chi connectivity index (χ2v) is 10.3. The lowest BCUT2D eigenvalue weighted by Gasteiger charge is -2.21. The highest BCUT2D eigenvalue weighted by molar-refractivity contribution is 6.26. The zero-order chi connectivity index (χ0) is 26.5. The maximum atomic E-state index is 4.69. The number of pyridine rings is 1. The molecule has 8 rings (SSSR count). The minimum Gasteiger partial charge on any atom is -0.264 e. The summed E-state index contributed by atoms with van der Waals surface area (Å²) in [5, 5.41) is 9.85. The largest absolute Gasteiger partial charge is 0.264 e. The summed E-state index contributed by atoms with van der Waals surface area (Å²) < 4.78 is 0. The summed E-state index contributed by atoms with van der Waals surface area (Å²) in [5.74, 6) is 0. The Hall–Kier alpha value is -5.27. The molecule has 7 aromatic carbocycles. The Morgan fingerprint density at radius 3 is 1.73 bits per heavy atom. The molecule has 0 atom stereocenters. The zero-order valence-corrected chi connectivity index (χ0v) is 21.9. The van der Waals surface area contributed by atoms with Gasteiger partial charge in [-0.05, 0) is 71.6 Å². The molecule has 0 aliphatic heterocycles. The molecule has 0 bridgehead atoms. The monoisotopic (exact) mass is 507 g/mol. The Balaban J connectivity index is 1.59. The molecule has 1 heteroatoms. The molecule has 1 aromatic heterocycles. The normalized spacial score (nSPS) is 11.5. The average molecular weight is 508 g/mol. The average Bonchev–Trinajstić information content (AvgIpc) is 3.03. The van der Waals surface area contributed by atoms with Crippen LogP contribution in [0.15, 0.2) is 152 Å². The molecule has 0 aliphatic carbocycles. The highest BCUT2D eigenvalue weighted by Crippen LogP contribution is 2.48. The van der Waals surface area contributed by atoms with Gasteiger partial charge in [-0.1, -0.05) is 133 Å². The van der Waals surface area contributed by atoms with Crippen LogP contribution < -0.4 is 0 Å². The van der Waals surface area contributed by atoms with Crippen LogP contribution in [0.25, 0.3) is 76.5 Å². The molecule has 0 spiro atoms. The summed E-state index contributed by atoms with van der Waals surface area (Å²) >= 11 is 0. The van der Waals surface area contributed by atoms with Gasteiger partial charge in [-0.3, -0.25) is 4.98 Å². The summed E-state index contributed by atoms with van der Waals surface area (Å²) in [6.07, 6.45) is 3.99. The second kappa shape index (κ2) is 9.18. The van der Waals surface area contributed by atoms with Crippen molar-refractivity contribution in [3.8, 4) is 33.4 Å². The quantitative estimate of drug-likeness (QED) is 0.217. The SMILES string of the molecule is c1ccc(-c2ccc3ccccc3c2-c2c3ccccc3c(-c3cccc4ccccc34)c3ccncc23)cc1. The van der Waals surface area contributed by atoms with E-state index in [-0.39, 0.29) is 0 Å². The van der Waals surface area contributed by atoms with Crippen LogP contribution in [0, 0.1) is 0 Å². The van der Waals surface area contributed by atoms with Crippen molar-refractivity contribution in [1.29, 1.82) is 0 Å². The van der Waals surface area contributed by atoms with Gasteiger partial charge in [0, 0.05) is 23.3 Å². The fraction of sp³-hybridized carbons (Fsp3) is 0. The van der Waals surface area contributed by atoms with E-state index >= 15 is 0 Å². The highest BCUT2D eigenvalue weighted by atomic mass is 14.6. The third-order valence-corrected chi connectivity index (χ3v) is 8.15. The summed E-state index contributed by atoms with van der Waals surface area (Å²) in [4.78, 5) is 4.69. The molecular weight excluding hydrogens is 482 g/mol. The van der Waals surface area contributed by atoms with Crippen molar-refractivity contribution < 1.29 is 0 Å². The first-order chi connectivity index (χ1) is 19.9. The highest BCUT2D eigenvalue weighted by Gasteiger charge is 2.21. The second-order valence-electron chi connectivity index (χ2n) is 10.3. The van der Waals surface area contributed by atoms with E-state index in [1.165, 1.54) is 71.1 Å². The molecule has 0 unspecified atom stereocenters. The van der Waals surface area contributed by atoms with E-state index in [4.69, 9.17) is 0 Å². The molecule has 0 fully saturated rings. The van der Waals surface area contributed by atoms with E-state index in [1.807, 2.05) is 6.20 Å². The maximum absolute atomic E-state index is 4.69. The molecule has 8 aromatic rings. The van der Waals surface area contributed by atoms with Crippen LogP contribution in [0.5, 0.6) is 0 Å². The molecular formula is C39H25N. The van der Waals surface area contributed by atoms with Gasteiger partial charge in [0.05, 0.1) is 0 Å². The van der Waals surface area contributed by atoms with Crippen LogP contribution in [0.1, 0.15) is 0 Å². The summed E-state index contributed by atoms with van der Waals surface area (Å²) in [6, 6.07) is 50.4. The maximum Gasteiger partial charge on any atom is 0.0353 e. The first-order valence-corrected chi connectivity index (χ1v) is 13.7. The van der Waals surface area contributed by atoms with E-state index in [9.17, 15) is 0 Å². The van der Waals surface area contributed by atoms with Crippen molar-refractivity contribution in [2.24, 2.45) is 0 Å². The van der Waals surface area contributed by atoms with E-state index in [0.717, 1.165) is 5.39 Å². The number of hydrogen-bond donors (Lipinski definition) is 0. The Morgan fingerprint density at radius 2 is 0.925 bits per heavy atom. The van der Waals surface area contributed by atoms with Crippen molar-refractivity contribution in [1.82, 2.24) is 4.98 Å². The Bertz CT molecular complexity index is 2150. The Morgan fingerprint density at radius 1 is 0.325 bits per heavy atom. The van der Waals surface area contributed by atoms with Gasteiger partial charge in [-0.25, -0.2) is 0 Å². The van der Waals surface area contributed by atoms with Gasteiger partial charge in [-0.15, -0.1) is 0 Å². The molecule has 0 N–H and O–H groups in total. The van der Waals surface area contributed by atoms with Crippen LogP contribution in [-0.4, -0.2) is 4.98 Å². The molecule has 40 heavy (non-hydrogen) atoms. The number of rotatable bonds is 3. The van der Waals surface area contributed by atoms with Crippen molar-refractivity contribution >= 4 is 43.1 Å². The van der Waals surface area contributed by atoms with Crippen molar-refractivity contribution in [2.75, 3.05) is 0 Å². The summed E-state index contributed by atoms with van der Waals surface area (Å²) in [5.41, 5.74) is 7.43. The number of hydrogen-bond acceptors (Lipinski definition) is 1. The fourth-order valence-corrected chi connectivity index (χ4v) is 6.42. The first kappa shape index (κ1) is 22.7. The molecule has 0 aliphatic rings. The number of fused-ring (bicyclic) bond motifs is 4. The summed E-state index contributed by atoms with van der Waals surface area (Å²) in [7, 11) is 0. The van der Waals surface area contributed by atoms with Gasteiger partial charge >= 0.3 is 0 Å². The fourth-order valence-electron chi connectivity index (χ4n) is 6.42. The smallest absolute Gasteiger partial charge is 0.0353 e. The molecule has 1 heterocycles. The van der Waals surface area contributed by atoms with Gasteiger partial charge in [-0.2, -0.15) is 0 Å². The molecule has 1 nitrogen and oxygen atoms in total. The molecule has 186 valence electrons. The molecule has 0 saturated heterocycles. The lowest BCUT2D eigenvalue weighted by Crippen LogP contribution is -1.95. The minimum absolute atomic E-state index is 1.16. The van der Waals surface area contributed by atoms with E-state index in [1.54, 1.807) is 0 Å². The summed E-state index contributed by atoms with van der Waals surface area (Å²) in [6.45, 7) is 0. The Labute approximate surface area is 233 Å². The van der Waals surface area contributed by atoms with Gasteiger partial charge in [0.1, 0.15) is 0 Å². The lowest BCUT2D eigenvalue weighted by atomic mass is 9.82. The Kier molecular flexibility index (Phi) is 5.21. The van der Waals surface area contributed by atoms with Gasteiger partial charge in [0.15, 0.2) is 0 Å². The number of aromatic nitrogens is 1. The molecule has 0 radical (unpaired) electrons. The van der Waals surface area contributed by atoms with Gasteiger partial charge in [0.25, 0.3) is 0 Å². The van der Waals surface area contributed by atoms with Crippen LogP contribution in [0.2, 0.25) is 0 Å². The predicted octanol–water partition coefficient (Wildman–Crippen LogP) is 10.7. The minimum atomic E-state index is 1.16. The molecule has 0 amide bonds. The number of nitrogens with zero attached hydrogens (tertiary/aromatic N) is 1.